The van der Waals surface area contributed by atoms with Crippen molar-refractivity contribution in [2.45, 2.75) is 20.5 Å². The van der Waals surface area contributed by atoms with Crippen LogP contribution in [-0.4, -0.2) is 23.2 Å². The molecule has 0 bridgehead atoms. The molecule has 0 atom stereocenters. The fourth-order valence-electron chi connectivity index (χ4n) is 1.54. The molecule has 2 heterocycles. The molecular formula is C12H13NO4S. The smallest absolute Gasteiger partial charge is 0.373 e. The summed E-state index contributed by atoms with van der Waals surface area (Å²) >= 11 is 1.53. The van der Waals surface area contributed by atoms with Gasteiger partial charge in [-0.25, -0.2) is 9.78 Å². The number of aryl methyl sites for hydroxylation is 2. The van der Waals surface area contributed by atoms with Crippen LogP contribution in [0.4, 0.5) is 0 Å². The minimum Gasteiger partial charge on any atom is -0.475 e. The number of methoxy groups -OCH3 is 1. The lowest BCUT2D eigenvalue weighted by atomic mass is 10.3. The maximum absolute atomic E-state index is 11.0. The van der Waals surface area contributed by atoms with Gasteiger partial charge < -0.3 is 14.3 Å². The molecule has 2 aromatic heterocycles. The van der Waals surface area contributed by atoms with Crippen LogP contribution in [-0.2, 0) is 11.3 Å². The molecule has 0 spiro atoms. The highest BCUT2D eigenvalue weighted by Crippen LogP contribution is 2.31. The number of rotatable bonds is 4. The first-order valence-corrected chi connectivity index (χ1v) is 6.14. The first-order valence-electron chi connectivity index (χ1n) is 5.32. The van der Waals surface area contributed by atoms with Gasteiger partial charge in [0, 0.05) is 12.0 Å². The van der Waals surface area contributed by atoms with E-state index in [9.17, 15) is 4.79 Å². The van der Waals surface area contributed by atoms with Crippen LogP contribution in [0.3, 0.4) is 0 Å². The Hall–Kier alpha value is -1.66. The van der Waals surface area contributed by atoms with Gasteiger partial charge in [-0.15, -0.1) is 11.3 Å². The number of thiophene rings is 1. The van der Waals surface area contributed by atoms with Gasteiger partial charge in [0.15, 0.2) is 0 Å². The molecule has 0 aromatic carbocycles. The van der Waals surface area contributed by atoms with Crippen LogP contribution in [0.25, 0.3) is 10.8 Å². The molecule has 2 rings (SSSR count). The summed E-state index contributed by atoms with van der Waals surface area (Å²) in [7, 11) is 1.49. The summed E-state index contributed by atoms with van der Waals surface area (Å²) in [5, 5.41) is 9.03. The third-order valence-corrected chi connectivity index (χ3v) is 3.69. The van der Waals surface area contributed by atoms with Crippen molar-refractivity contribution in [1.29, 1.82) is 0 Å². The zero-order valence-corrected chi connectivity index (χ0v) is 11.1. The van der Waals surface area contributed by atoms with Crippen LogP contribution in [0.2, 0.25) is 0 Å². The lowest BCUT2D eigenvalue weighted by Gasteiger charge is -1.92. The van der Waals surface area contributed by atoms with Crippen molar-refractivity contribution in [3.8, 4) is 10.8 Å². The SMILES string of the molecule is COCc1nc(-c2cc(C)c(C)s2)oc1C(=O)O. The number of hydrogen-bond donors (Lipinski definition) is 1. The molecule has 0 amide bonds. The molecule has 6 heteroatoms. The van der Waals surface area contributed by atoms with Crippen molar-refractivity contribution in [3.63, 3.8) is 0 Å². The summed E-state index contributed by atoms with van der Waals surface area (Å²) < 4.78 is 10.2. The summed E-state index contributed by atoms with van der Waals surface area (Å²) in [5.74, 6) is -0.956. The lowest BCUT2D eigenvalue weighted by Crippen LogP contribution is -2.00. The minimum absolute atomic E-state index is 0.120. The second-order valence-electron chi connectivity index (χ2n) is 3.88. The summed E-state index contributed by atoms with van der Waals surface area (Å²) in [5.41, 5.74) is 1.45. The number of carbonyl (C=O) groups is 1. The maximum Gasteiger partial charge on any atom is 0.373 e. The average Bonchev–Trinajstić information content (AvgIpc) is 2.85. The Morgan fingerprint density at radius 1 is 1.56 bits per heavy atom. The fourth-order valence-corrected chi connectivity index (χ4v) is 2.50. The number of carboxylic acids is 1. The Labute approximate surface area is 108 Å². The van der Waals surface area contributed by atoms with Crippen molar-refractivity contribution in [3.05, 3.63) is 28.0 Å². The van der Waals surface area contributed by atoms with E-state index in [0.29, 0.717) is 11.6 Å². The van der Waals surface area contributed by atoms with Crippen molar-refractivity contribution < 1.29 is 19.1 Å². The van der Waals surface area contributed by atoms with E-state index in [-0.39, 0.29) is 12.4 Å². The molecule has 0 saturated carbocycles. The van der Waals surface area contributed by atoms with Crippen molar-refractivity contribution in [2.75, 3.05) is 7.11 Å². The number of carboxylic acid groups (broad SMARTS) is 1. The highest BCUT2D eigenvalue weighted by molar-refractivity contribution is 7.15. The standard InChI is InChI=1S/C12H13NO4S/c1-6-4-9(18-7(6)2)11-13-8(5-16-3)10(17-11)12(14)15/h4H,5H2,1-3H3,(H,14,15). The van der Waals surface area contributed by atoms with Gasteiger partial charge in [0.05, 0.1) is 11.5 Å². The molecule has 0 aliphatic rings. The molecule has 2 aromatic rings. The average molecular weight is 267 g/mol. The van der Waals surface area contributed by atoms with Gasteiger partial charge in [0.1, 0.15) is 5.69 Å². The van der Waals surface area contributed by atoms with Gasteiger partial charge in [-0.1, -0.05) is 0 Å². The van der Waals surface area contributed by atoms with Gasteiger partial charge >= 0.3 is 5.97 Å². The monoisotopic (exact) mass is 267 g/mol. The molecule has 5 nitrogen and oxygen atoms in total. The number of hydrogen-bond acceptors (Lipinski definition) is 5. The van der Waals surface area contributed by atoms with Crippen LogP contribution >= 0.6 is 11.3 Å². The van der Waals surface area contributed by atoms with E-state index < -0.39 is 5.97 Å². The van der Waals surface area contributed by atoms with Gasteiger partial charge in [0.25, 0.3) is 0 Å². The first-order chi connectivity index (χ1) is 8.52. The fraction of sp³-hybridized carbons (Fsp3) is 0.333. The van der Waals surface area contributed by atoms with E-state index >= 15 is 0 Å². The van der Waals surface area contributed by atoms with Crippen molar-refractivity contribution in [1.82, 2.24) is 4.98 Å². The van der Waals surface area contributed by atoms with Crippen LogP contribution < -0.4 is 0 Å². The van der Waals surface area contributed by atoms with Crippen LogP contribution in [0.1, 0.15) is 26.7 Å². The first kappa shape index (κ1) is 12.8. The molecule has 18 heavy (non-hydrogen) atoms. The third-order valence-electron chi connectivity index (χ3n) is 2.55. The van der Waals surface area contributed by atoms with E-state index in [0.717, 1.165) is 15.3 Å². The van der Waals surface area contributed by atoms with Gasteiger partial charge in [-0.05, 0) is 25.5 Å². The predicted molar refractivity (Wildman–Crippen MR) is 67.0 cm³/mol. The van der Waals surface area contributed by atoms with E-state index in [1.165, 1.54) is 18.4 Å². The molecule has 0 saturated heterocycles. The van der Waals surface area contributed by atoms with E-state index in [4.69, 9.17) is 14.3 Å². The van der Waals surface area contributed by atoms with E-state index in [2.05, 4.69) is 4.98 Å². The maximum atomic E-state index is 11.0. The Bertz CT molecular complexity index is 565. The molecule has 1 N–H and O–H groups in total. The summed E-state index contributed by atoms with van der Waals surface area (Å²) in [4.78, 5) is 17.2. The highest BCUT2D eigenvalue weighted by Gasteiger charge is 2.21. The molecule has 0 aliphatic heterocycles. The Morgan fingerprint density at radius 3 is 2.78 bits per heavy atom. The lowest BCUT2D eigenvalue weighted by molar-refractivity contribution is 0.0656. The molecule has 96 valence electrons. The Balaban J connectivity index is 2.45. The number of aromatic nitrogens is 1. The van der Waals surface area contributed by atoms with Crippen LogP contribution in [0.5, 0.6) is 0 Å². The minimum atomic E-state index is -1.13. The normalized spacial score (nSPS) is 10.8. The van der Waals surface area contributed by atoms with Crippen molar-refractivity contribution in [2.24, 2.45) is 0 Å². The van der Waals surface area contributed by atoms with E-state index in [1.807, 2.05) is 19.9 Å². The third kappa shape index (κ3) is 2.30. The van der Waals surface area contributed by atoms with Crippen molar-refractivity contribution >= 4 is 17.3 Å². The Morgan fingerprint density at radius 2 is 2.28 bits per heavy atom. The molecule has 0 aliphatic carbocycles. The van der Waals surface area contributed by atoms with E-state index in [1.54, 1.807) is 0 Å². The summed E-state index contributed by atoms with van der Waals surface area (Å²) in [6, 6.07) is 1.94. The van der Waals surface area contributed by atoms with Gasteiger partial charge in [-0.3, -0.25) is 0 Å². The van der Waals surface area contributed by atoms with Crippen LogP contribution in [0.15, 0.2) is 10.5 Å². The number of ether oxygens (including phenoxy) is 1. The van der Waals surface area contributed by atoms with Crippen LogP contribution in [0, 0.1) is 13.8 Å². The largest absolute Gasteiger partial charge is 0.475 e. The van der Waals surface area contributed by atoms with Gasteiger partial charge in [-0.2, -0.15) is 0 Å². The quantitative estimate of drug-likeness (QED) is 0.922. The molecule has 0 radical (unpaired) electrons. The second kappa shape index (κ2) is 4.91. The van der Waals surface area contributed by atoms with Gasteiger partial charge in [0.2, 0.25) is 11.7 Å². The molecular weight excluding hydrogens is 254 g/mol. The number of aromatic carboxylic acids is 1. The number of nitrogens with zero attached hydrogens (tertiary/aromatic N) is 1. The Kier molecular flexibility index (Phi) is 3.49. The zero-order valence-electron chi connectivity index (χ0n) is 10.3. The molecule has 0 fully saturated rings. The summed E-state index contributed by atoms with van der Waals surface area (Å²) in [6.45, 7) is 4.11. The predicted octanol–water partition coefficient (Wildman–Crippen LogP) is 2.86. The highest BCUT2D eigenvalue weighted by atomic mass is 32.1. The zero-order chi connectivity index (χ0) is 13.3. The summed E-state index contributed by atoms with van der Waals surface area (Å²) in [6.07, 6.45) is 0. The second-order valence-corrected chi connectivity index (χ2v) is 5.14. The topological polar surface area (TPSA) is 72.6 Å². The number of oxazole rings is 1. The molecule has 0 unspecified atom stereocenters.